The Morgan fingerprint density at radius 3 is 2.65 bits per heavy atom. The van der Waals surface area contributed by atoms with E-state index in [2.05, 4.69) is 0 Å². The van der Waals surface area contributed by atoms with E-state index in [1.807, 2.05) is 49.4 Å². The zero-order valence-corrected chi connectivity index (χ0v) is 11.2. The number of benzene rings is 2. The van der Waals surface area contributed by atoms with Gasteiger partial charge in [0.1, 0.15) is 0 Å². The van der Waals surface area contributed by atoms with Crippen LogP contribution in [0.25, 0.3) is 0 Å². The van der Waals surface area contributed by atoms with Gasteiger partial charge in [0.2, 0.25) is 0 Å². The zero-order valence-electron chi connectivity index (χ0n) is 9.61. The van der Waals surface area contributed by atoms with Gasteiger partial charge in [0.05, 0.1) is 0 Å². The van der Waals surface area contributed by atoms with Gasteiger partial charge in [0.25, 0.3) is 0 Å². The first-order chi connectivity index (χ1) is 8.18. The van der Waals surface area contributed by atoms with Crippen molar-refractivity contribution in [2.45, 2.75) is 17.6 Å². The lowest BCUT2D eigenvalue weighted by Crippen LogP contribution is -1.92. The second kappa shape index (κ2) is 5.48. The minimum Gasteiger partial charge on any atom is -0.398 e. The van der Waals surface area contributed by atoms with Crippen LogP contribution in [-0.2, 0) is 5.75 Å². The van der Waals surface area contributed by atoms with Crippen molar-refractivity contribution < 1.29 is 0 Å². The summed E-state index contributed by atoms with van der Waals surface area (Å²) in [5.41, 5.74) is 9.15. The van der Waals surface area contributed by atoms with Crippen molar-refractivity contribution in [2.75, 3.05) is 5.73 Å². The van der Waals surface area contributed by atoms with Crippen LogP contribution >= 0.6 is 23.4 Å². The molecule has 0 saturated heterocycles. The third kappa shape index (κ3) is 2.96. The zero-order chi connectivity index (χ0) is 12.3. The number of hydrogen-bond donors (Lipinski definition) is 1. The molecule has 0 aliphatic carbocycles. The second-order valence-corrected chi connectivity index (χ2v) is 5.29. The average Bonchev–Trinajstić information content (AvgIpc) is 2.33. The standard InChI is InChI=1S/C14H14ClNS/c1-10-5-4-8-13(14(10)16)17-9-11-6-2-3-7-12(11)15/h2-8H,9,16H2,1H3. The van der Waals surface area contributed by atoms with Crippen LogP contribution in [0.2, 0.25) is 5.02 Å². The summed E-state index contributed by atoms with van der Waals surface area (Å²) in [7, 11) is 0. The molecule has 0 aliphatic heterocycles. The van der Waals surface area contributed by atoms with Gasteiger partial charge in [-0.15, -0.1) is 11.8 Å². The van der Waals surface area contributed by atoms with Gasteiger partial charge in [-0.2, -0.15) is 0 Å². The van der Waals surface area contributed by atoms with Crippen LogP contribution < -0.4 is 5.73 Å². The molecule has 0 atom stereocenters. The lowest BCUT2D eigenvalue weighted by atomic mass is 10.2. The molecule has 0 spiro atoms. The van der Waals surface area contributed by atoms with Crippen molar-refractivity contribution in [3.63, 3.8) is 0 Å². The number of nitrogen functional groups attached to an aromatic ring is 1. The number of thioether (sulfide) groups is 1. The topological polar surface area (TPSA) is 26.0 Å². The van der Waals surface area contributed by atoms with Crippen LogP contribution in [-0.4, -0.2) is 0 Å². The lowest BCUT2D eigenvalue weighted by molar-refractivity contribution is 1.34. The molecule has 0 aromatic heterocycles. The Kier molecular flexibility index (Phi) is 3.97. The van der Waals surface area contributed by atoms with Crippen LogP contribution in [0.5, 0.6) is 0 Å². The van der Waals surface area contributed by atoms with Crippen LogP contribution in [0.4, 0.5) is 5.69 Å². The van der Waals surface area contributed by atoms with Gasteiger partial charge in [0.15, 0.2) is 0 Å². The minimum absolute atomic E-state index is 0.811. The molecule has 0 saturated carbocycles. The van der Waals surface area contributed by atoms with Crippen LogP contribution in [0.1, 0.15) is 11.1 Å². The average molecular weight is 264 g/mol. The fourth-order valence-electron chi connectivity index (χ4n) is 1.55. The summed E-state index contributed by atoms with van der Waals surface area (Å²) in [6, 6.07) is 14.0. The summed E-state index contributed by atoms with van der Waals surface area (Å²) < 4.78 is 0. The van der Waals surface area contributed by atoms with E-state index in [0.29, 0.717) is 0 Å². The Balaban J connectivity index is 2.13. The minimum atomic E-state index is 0.811. The van der Waals surface area contributed by atoms with E-state index in [0.717, 1.165) is 32.5 Å². The van der Waals surface area contributed by atoms with Gasteiger partial charge in [0, 0.05) is 21.4 Å². The van der Waals surface area contributed by atoms with Crippen molar-refractivity contribution in [3.8, 4) is 0 Å². The maximum absolute atomic E-state index is 6.12. The number of aryl methyl sites for hydroxylation is 1. The first kappa shape index (κ1) is 12.3. The van der Waals surface area contributed by atoms with E-state index in [9.17, 15) is 0 Å². The number of halogens is 1. The molecule has 0 unspecified atom stereocenters. The van der Waals surface area contributed by atoms with E-state index in [1.54, 1.807) is 11.8 Å². The van der Waals surface area contributed by atoms with Crippen molar-refractivity contribution in [3.05, 3.63) is 58.6 Å². The number of hydrogen-bond acceptors (Lipinski definition) is 2. The number of nitrogens with two attached hydrogens (primary N) is 1. The Morgan fingerprint density at radius 2 is 1.88 bits per heavy atom. The highest BCUT2D eigenvalue weighted by Crippen LogP contribution is 2.31. The third-order valence-electron chi connectivity index (χ3n) is 2.63. The molecule has 0 amide bonds. The van der Waals surface area contributed by atoms with E-state index in [4.69, 9.17) is 17.3 Å². The van der Waals surface area contributed by atoms with E-state index >= 15 is 0 Å². The van der Waals surface area contributed by atoms with Crippen molar-refractivity contribution in [1.29, 1.82) is 0 Å². The Labute approximate surface area is 111 Å². The summed E-state index contributed by atoms with van der Waals surface area (Å²) >= 11 is 7.84. The Bertz CT molecular complexity index is 525. The molecule has 2 aromatic rings. The third-order valence-corrected chi connectivity index (χ3v) is 4.12. The maximum Gasteiger partial charge on any atom is 0.0482 e. The fraction of sp³-hybridized carbons (Fsp3) is 0.143. The lowest BCUT2D eigenvalue weighted by Gasteiger charge is -2.08. The smallest absolute Gasteiger partial charge is 0.0482 e. The molecule has 0 radical (unpaired) electrons. The molecular formula is C14H14ClNS. The van der Waals surface area contributed by atoms with E-state index in [1.165, 1.54) is 0 Å². The first-order valence-electron chi connectivity index (χ1n) is 5.40. The molecule has 0 heterocycles. The van der Waals surface area contributed by atoms with Crippen LogP contribution in [0.3, 0.4) is 0 Å². The first-order valence-corrected chi connectivity index (χ1v) is 6.76. The molecular weight excluding hydrogens is 250 g/mol. The summed E-state index contributed by atoms with van der Waals surface area (Å²) in [6.45, 7) is 2.02. The normalized spacial score (nSPS) is 10.5. The quantitative estimate of drug-likeness (QED) is 0.651. The molecule has 2 rings (SSSR count). The summed E-state index contributed by atoms with van der Waals surface area (Å²) in [6.07, 6.45) is 0. The SMILES string of the molecule is Cc1cccc(SCc2ccccc2Cl)c1N. The molecule has 2 aromatic carbocycles. The Hall–Kier alpha value is -1.12. The molecule has 3 heteroatoms. The van der Waals surface area contributed by atoms with Gasteiger partial charge in [-0.05, 0) is 30.2 Å². The van der Waals surface area contributed by atoms with Gasteiger partial charge < -0.3 is 5.73 Å². The van der Waals surface area contributed by atoms with Gasteiger partial charge in [-0.3, -0.25) is 0 Å². The van der Waals surface area contributed by atoms with Crippen LogP contribution in [0.15, 0.2) is 47.4 Å². The monoisotopic (exact) mass is 263 g/mol. The van der Waals surface area contributed by atoms with Gasteiger partial charge >= 0.3 is 0 Å². The number of anilines is 1. The number of rotatable bonds is 3. The Morgan fingerprint density at radius 1 is 1.12 bits per heavy atom. The largest absolute Gasteiger partial charge is 0.398 e. The van der Waals surface area contributed by atoms with Gasteiger partial charge in [-0.1, -0.05) is 41.9 Å². The second-order valence-electron chi connectivity index (χ2n) is 3.87. The predicted molar refractivity (Wildman–Crippen MR) is 76.6 cm³/mol. The van der Waals surface area contributed by atoms with Crippen LogP contribution in [0, 0.1) is 6.92 Å². The molecule has 1 nitrogen and oxygen atoms in total. The molecule has 0 bridgehead atoms. The van der Waals surface area contributed by atoms with Gasteiger partial charge in [-0.25, -0.2) is 0 Å². The van der Waals surface area contributed by atoms with Crippen molar-refractivity contribution >= 4 is 29.1 Å². The summed E-state index contributed by atoms with van der Waals surface area (Å²) in [4.78, 5) is 1.12. The molecule has 0 aliphatic rings. The predicted octanol–water partition coefficient (Wildman–Crippen LogP) is 4.52. The van der Waals surface area contributed by atoms with E-state index < -0.39 is 0 Å². The van der Waals surface area contributed by atoms with E-state index in [-0.39, 0.29) is 0 Å². The fourth-order valence-corrected chi connectivity index (χ4v) is 2.89. The molecule has 0 fully saturated rings. The number of para-hydroxylation sites is 1. The summed E-state index contributed by atoms with van der Waals surface area (Å²) in [5.74, 6) is 0.841. The maximum atomic E-state index is 6.12. The van der Waals surface area contributed by atoms with Crippen molar-refractivity contribution in [1.82, 2.24) is 0 Å². The highest BCUT2D eigenvalue weighted by Gasteiger charge is 2.04. The highest BCUT2D eigenvalue weighted by molar-refractivity contribution is 7.98. The summed E-state index contributed by atoms with van der Waals surface area (Å²) in [5, 5.41) is 0.811. The molecule has 2 N–H and O–H groups in total. The molecule has 17 heavy (non-hydrogen) atoms. The van der Waals surface area contributed by atoms with Crippen molar-refractivity contribution in [2.24, 2.45) is 0 Å². The molecule has 88 valence electrons. The highest BCUT2D eigenvalue weighted by atomic mass is 35.5.